The standard InChI is InChI=1S/C15H19F3N2O2.ClH/c16-15(17,18)22-13-6-4-11(5-7-13)9-14(21)20-8-2-1-3-12(20)10-19;/h4-7,12H,1-3,8-10,19H2;1H. The Morgan fingerprint density at radius 3 is 2.48 bits per heavy atom. The van der Waals surface area contributed by atoms with Gasteiger partial charge in [-0.3, -0.25) is 4.79 Å². The summed E-state index contributed by atoms with van der Waals surface area (Å²) < 4.78 is 40.0. The number of amides is 1. The topological polar surface area (TPSA) is 55.6 Å². The molecule has 2 rings (SSSR count). The van der Waals surface area contributed by atoms with Crippen LogP contribution in [-0.4, -0.2) is 36.3 Å². The Bertz CT molecular complexity index is 508. The molecule has 1 fully saturated rings. The van der Waals surface area contributed by atoms with Gasteiger partial charge in [-0.2, -0.15) is 0 Å². The minimum Gasteiger partial charge on any atom is -0.406 e. The van der Waals surface area contributed by atoms with Crippen LogP contribution in [0.5, 0.6) is 5.75 Å². The third-order valence-electron chi connectivity index (χ3n) is 3.73. The molecule has 0 bridgehead atoms. The van der Waals surface area contributed by atoms with Crippen LogP contribution in [0.2, 0.25) is 0 Å². The lowest BCUT2D eigenvalue weighted by molar-refractivity contribution is -0.274. The number of benzene rings is 1. The molecule has 0 aromatic heterocycles. The molecule has 23 heavy (non-hydrogen) atoms. The van der Waals surface area contributed by atoms with Gasteiger partial charge in [-0.15, -0.1) is 25.6 Å². The van der Waals surface area contributed by atoms with Crippen molar-refractivity contribution in [3.63, 3.8) is 0 Å². The average Bonchev–Trinajstić information content (AvgIpc) is 2.47. The zero-order valence-corrected chi connectivity index (χ0v) is 13.3. The Kier molecular flexibility index (Phi) is 7.15. The number of likely N-dealkylation sites (tertiary alicyclic amines) is 1. The van der Waals surface area contributed by atoms with E-state index in [0.717, 1.165) is 19.3 Å². The molecule has 130 valence electrons. The van der Waals surface area contributed by atoms with Crippen LogP contribution in [0, 0.1) is 0 Å². The molecular formula is C15H20ClF3N2O2. The monoisotopic (exact) mass is 352 g/mol. The molecule has 1 aromatic rings. The number of carbonyl (C=O) groups excluding carboxylic acids is 1. The van der Waals surface area contributed by atoms with Crippen molar-refractivity contribution in [3.8, 4) is 5.75 Å². The summed E-state index contributed by atoms with van der Waals surface area (Å²) in [5.74, 6) is -0.332. The number of nitrogens with two attached hydrogens (primary N) is 1. The molecule has 1 unspecified atom stereocenters. The first kappa shape index (κ1) is 19.6. The second-order valence-corrected chi connectivity index (χ2v) is 5.34. The fourth-order valence-corrected chi connectivity index (χ4v) is 2.66. The first-order valence-corrected chi connectivity index (χ1v) is 7.23. The largest absolute Gasteiger partial charge is 0.573 e. The Hall–Kier alpha value is -1.47. The van der Waals surface area contributed by atoms with E-state index < -0.39 is 6.36 Å². The van der Waals surface area contributed by atoms with Gasteiger partial charge in [0.2, 0.25) is 5.91 Å². The van der Waals surface area contributed by atoms with Crippen molar-refractivity contribution in [2.45, 2.75) is 38.1 Å². The minimum absolute atomic E-state index is 0. The Morgan fingerprint density at radius 1 is 1.26 bits per heavy atom. The highest BCUT2D eigenvalue weighted by Crippen LogP contribution is 2.23. The van der Waals surface area contributed by atoms with Gasteiger partial charge in [-0.05, 0) is 37.0 Å². The Morgan fingerprint density at radius 2 is 1.91 bits per heavy atom. The first-order valence-electron chi connectivity index (χ1n) is 7.23. The van der Waals surface area contributed by atoms with Gasteiger partial charge in [0.15, 0.2) is 0 Å². The fraction of sp³-hybridized carbons (Fsp3) is 0.533. The van der Waals surface area contributed by atoms with E-state index in [2.05, 4.69) is 4.74 Å². The van der Waals surface area contributed by atoms with E-state index in [0.29, 0.717) is 18.7 Å². The molecule has 2 N–H and O–H groups in total. The van der Waals surface area contributed by atoms with Crippen molar-refractivity contribution >= 4 is 18.3 Å². The maximum absolute atomic E-state index is 12.3. The van der Waals surface area contributed by atoms with E-state index in [1.165, 1.54) is 24.3 Å². The van der Waals surface area contributed by atoms with E-state index in [-0.39, 0.29) is 36.5 Å². The lowest BCUT2D eigenvalue weighted by atomic mass is 10.0. The number of alkyl halides is 3. The van der Waals surface area contributed by atoms with Crippen LogP contribution in [0.1, 0.15) is 24.8 Å². The number of hydrogen-bond acceptors (Lipinski definition) is 3. The number of nitrogens with zero attached hydrogens (tertiary/aromatic N) is 1. The van der Waals surface area contributed by atoms with Gasteiger partial charge in [0.1, 0.15) is 5.75 Å². The summed E-state index contributed by atoms with van der Waals surface area (Å²) >= 11 is 0. The summed E-state index contributed by atoms with van der Waals surface area (Å²) in [6, 6.07) is 5.44. The molecule has 1 aliphatic rings. The van der Waals surface area contributed by atoms with Gasteiger partial charge < -0.3 is 15.4 Å². The summed E-state index contributed by atoms with van der Waals surface area (Å²) in [5.41, 5.74) is 6.34. The zero-order valence-electron chi connectivity index (χ0n) is 12.5. The molecule has 1 aliphatic heterocycles. The van der Waals surface area contributed by atoms with Crippen molar-refractivity contribution < 1.29 is 22.7 Å². The number of rotatable bonds is 4. The van der Waals surface area contributed by atoms with Crippen molar-refractivity contribution in [2.75, 3.05) is 13.1 Å². The summed E-state index contributed by atoms with van der Waals surface area (Å²) in [4.78, 5) is 14.1. The smallest absolute Gasteiger partial charge is 0.406 e. The van der Waals surface area contributed by atoms with Crippen molar-refractivity contribution in [2.24, 2.45) is 5.73 Å². The normalized spacial score (nSPS) is 18.3. The molecule has 1 aromatic carbocycles. The van der Waals surface area contributed by atoms with E-state index in [1.807, 2.05) is 0 Å². The summed E-state index contributed by atoms with van der Waals surface area (Å²) in [6.07, 6.45) is -1.63. The van der Waals surface area contributed by atoms with Gasteiger partial charge >= 0.3 is 6.36 Å². The highest BCUT2D eigenvalue weighted by atomic mass is 35.5. The van der Waals surface area contributed by atoms with Crippen LogP contribution >= 0.6 is 12.4 Å². The van der Waals surface area contributed by atoms with Crippen LogP contribution in [0.15, 0.2) is 24.3 Å². The van der Waals surface area contributed by atoms with E-state index in [1.54, 1.807) is 4.90 Å². The van der Waals surface area contributed by atoms with Crippen LogP contribution in [0.25, 0.3) is 0 Å². The maximum Gasteiger partial charge on any atom is 0.573 e. The molecule has 1 amide bonds. The van der Waals surface area contributed by atoms with Crippen LogP contribution in [-0.2, 0) is 11.2 Å². The second kappa shape index (κ2) is 8.40. The van der Waals surface area contributed by atoms with Crippen molar-refractivity contribution in [3.05, 3.63) is 29.8 Å². The molecule has 0 saturated carbocycles. The molecule has 8 heteroatoms. The Labute approximate surface area is 139 Å². The van der Waals surface area contributed by atoms with Gasteiger partial charge in [0, 0.05) is 19.1 Å². The first-order chi connectivity index (χ1) is 10.4. The van der Waals surface area contributed by atoms with Crippen LogP contribution in [0.4, 0.5) is 13.2 Å². The van der Waals surface area contributed by atoms with Crippen LogP contribution in [0.3, 0.4) is 0 Å². The molecule has 0 radical (unpaired) electrons. The number of halogens is 4. The van der Waals surface area contributed by atoms with Crippen molar-refractivity contribution in [1.29, 1.82) is 0 Å². The van der Waals surface area contributed by atoms with Crippen LogP contribution < -0.4 is 10.5 Å². The second-order valence-electron chi connectivity index (χ2n) is 5.34. The molecule has 1 atom stereocenters. The fourth-order valence-electron chi connectivity index (χ4n) is 2.66. The number of hydrogen-bond donors (Lipinski definition) is 1. The molecule has 0 spiro atoms. The lowest BCUT2D eigenvalue weighted by Crippen LogP contribution is -2.48. The Balaban J connectivity index is 0.00000264. The number of carbonyl (C=O) groups is 1. The van der Waals surface area contributed by atoms with E-state index >= 15 is 0 Å². The van der Waals surface area contributed by atoms with Gasteiger partial charge in [0.25, 0.3) is 0 Å². The third-order valence-corrected chi connectivity index (χ3v) is 3.73. The SMILES string of the molecule is Cl.NCC1CCCCN1C(=O)Cc1ccc(OC(F)(F)F)cc1. The van der Waals surface area contributed by atoms with E-state index in [9.17, 15) is 18.0 Å². The van der Waals surface area contributed by atoms with Gasteiger partial charge in [-0.1, -0.05) is 12.1 Å². The molecule has 4 nitrogen and oxygen atoms in total. The lowest BCUT2D eigenvalue weighted by Gasteiger charge is -2.35. The molecular weight excluding hydrogens is 333 g/mol. The molecule has 0 aliphatic carbocycles. The highest BCUT2D eigenvalue weighted by Gasteiger charge is 2.31. The number of piperidine rings is 1. The predicted molar refractivity (Wildman–Crippen MR) is 82.5 cm³/mol. The van der Waals surface area contributed by atoms with Gasteiger partial charge in [-0.25, -0.2) is 0 Å². The van der Waals surface area contributed by atoms with E-state index in [4.69, 9.17) is 5.73 Å². The average molecular weight is 353 g/mol. The summed E-state index contributed by atoms with van der Waals surface area (Å²) in [6.45, 7) is 1.13. The quantitative estimate of drug-likeness (QED) is 0.906. The zero-order chi connectivity index (χ0) is 16.2. The predicted octanol–water partition coefficient (Wildman–Crippen LogP) is 2.89. The maximum atomic E-state index is 12.3. The molecule has 1 saturated heterocycles. The minimum atomic E-state index is -4.71. The van der Waals surface area contributed by atoms with Gasteiger partial charge in [0.05, 0.1) is 6.42 Å². The van der Waals surface area contributed by atoms with Crippen molar-refractivity contribution in [1.82, 2.24) is 4.90 Å². The molecule has 1 heterocycles. The number of ether oxygens (including phenoxy) is 1. The highest BCUT2D eigenvalue weighted by molar-refractivity contribution is 5.85. The summed E-state index contributed by atoms with van der Waals surface area (Å²) in [5, 5.41) is 0. The third kappa shape index (κ3) is 5.91. The summed E-state index contributed by atoms with van der Waals surface area (Å²) in [7, 11) is 0.